The average Bonchev–Trinajstić information content (AvgIpc) is 2.63. The first-order chi connectivity index (χ1) is 11.7. The molecular formula is C20H24N2O2. The molecule has 0 aliphatic carbocycles. The van der Waals surface area contributed by atoms with E-state index in [-0.39, 0.29) is 5.91 Å². The van der Waals surface area contributed by atoms with Gasteiger partial charge in [0.15, 0.2) is 0 Å². The van der Waals surface area contributed by atoms with Crippen molar-refractivity contribution in [1.82, 2.24) is 0 Å². The summed E-state index contributed by atoms with van der Waals surface area (Å²) in [4.78, 5) is 14.7. The van der Waals surface area contributed by atoms with Gasteiger partial charge in [-0.25, -0.2) is 0 Å². The second kappa shape index (κ2) is 7.39. The molecule has 0 radical (unpaired) electrons. The van der Waals surface area contributed by atoms with Gasteiger partial charge in [0.25, 0.3) is 5.91 Å². The fraction of sp³-hybridized carbons (Fsp3) is 0.350. The molecule has 126 valence electrons. The largest absolute Gasteiger partial charge is 0.497 e. The van der Waals surface area contributed by atoms with Crippen molar-refractivity contribution in [3.63, 3.8) is 0 Å². The zero-order chi connectivity index (χ0) is 16.9. The fourth-order valence-corrected chi connectivity index (χ4v) is 2.99. The summed E-state index contributed by atoms with van der Waals surface area (Å²) in [6.07, 6.45) is 2.49. The molecule has 3 rings (SSSR count). The molecule has 0 unspecified atom stereocenters. The van der Waals surface area contributed by atoms with E-state index in [1.807, 2.05) is 24.3 Å². The molecule has 1 fully saturated rings. The van der Waals surface area contributed by atoms with Gasteiger partial charge in [-0.15, -0.1) is 0 Å². The quantitative estimate of drug-likeness (QED) is 0.917. The van der Waals surface area contributed by atoms with Crippen LogP contribution in [0.1, 0.15) is 30.1 Å². The van der Waals surface area contributed by atoms with Crippen LogP contribution in [-0.4, -0.2) is 26.1 Å². The van der Waals surface area contributed by atoms with E-state index in [4.69, 9.17) is 4.74 Å². The standard InChI is InChI=1S/C20H24N2O2/c1-15-10-12-22(13-11-15)18-8-6-17(7-9-18)21-20(23)16-4-3-5-19(14-16)24-2/h3-9,14-15H,10-13H2,1-2H3,(H,21,23). The van der Waals surface area contributed by atoms with Gasteiger partial charge < -0.3 is 15.0 Å². The Kier molecular flexibility index (Phi) is 5.04. The highest BCUT2D eigenvalue weighted by molar-refractivity contribution is 6.04. The van der Waals surface area contributed by atoms with Gasteiger partial charge >= 0.3 is 0 Å². The molecule has 1 N–H and O–H groups in total. The topological polar surface area (TPSA) is 41.6 Å². The van der Waals surface area contributed by atoms with Crippen LogP contribution >= 0.6 is 0 Å². The third-order valence-corrected chi connectivity index (χ3v) is 4.61. The minimum absolute atomic E-state index is 0.131. The van der Waals surface area contributed by atoms with E-state index in [1.165, 1.54) is 18.5 Å². The normalized spacial score (nSPS) is 15.2. The molecule has 4 heteroatoms. The number of piperidine rings is 1. The fourth-order valence-electron chi connectivity index (χ4n) is 2.99. The Balaban J connectivity index is 1.64. The Bertz CT molecular complexity index is 689. The van der Waals surface area contributed by atoms with Crippen LogP contribution in [0.5, 0.6) is 5.75 Å². The summed E-state index contributed by atoms with van der Waals surface area (Å²) in [6.45, 7) is 4.53. The van der Waals surface area contributed by atoms with E-state index in [1.54, 1.807) is 19.2 Å². The lowest BCUT2D eigenvalue weighted by molar-refractivity contribution is 0.102. The van der Waals surface area contributed by atoms with Crippen molar-refractivity contribution in [2.75, 3.05) is 30.4 Å². The first kappa shape index (κ1) is 16.4. The SMILES string of the molecule is COc1cccc(C(=O)Nc2ccc(N3CCC(C)CC3)cc2)c1. The van der Waals surface area contributed by atoms with Crippen LogP contribution < -0.4 is 15.0 Å². The van der Waals surface area contributed by atoms with E-state index < -0.39 is 0 Å². The number of carbonyl (C=O) groups is 1. The Hall–Kier alpha value is -2.49. The molecule has 0 aromatic heterocycles. The second-order valence-corrected chi connectivity index (χ2v) is 6.40. The molecule has 0 atom stereocenters. The lowest BCUT2D eigenvalue weighted by atomic mass is 9.99. The van der Waals surface area contributed by atoms with Crippen molar-refractivity contribution in [3.8, 4) is 5.75 Å². The highest BCUT2D eigenvalue weighted by atomic mass is 16.5. The Morgan fingerprint density at radius 3 is 2.50 bits per heavy atom. The molecule has 1 aliphatic heterocycles. The number of amides is 1. The third-order valence-electron chi connectivity index (χ3n) is 4.61. The van der Waals surface area contributed by atoms with Gasteiger partial charge in [0, 0.05) is 30.0 Å². The predicted molar refractivity (Wildman–Crippen MR) is 98.0 cm³/mol. The molecule has 0 spiro atoms. The third kappa shape index (κ3) is 3.88. The second-order valence-electron chi connectivity index (χ2n) is 6.40. The van der Waals surface area contributed by atoms with E-state index in [0.29, 0.717) is 11.3 Å². The molecule has 1 heterocycles. The number of benzene rings is 2. The number of carbonyl (C=O) groups excluding carboxylic acids is 1. The van der Waals surface area contributed by atoms with Gasteiger partial charge in [-0.05, 0) is 61.2 Å². The van der Waals surface area contributed by atoms with E-state index >= 15 is 0 Å². The molecule has 24 heavy (non-hydrogen) atoms. The number of nitrogens with zero attached hydrogens (tertiary/aromatic N) is 1. The van der Waals surface area contributed by atoms with Gasteiger partial charge in [-0.1, -0.05) is 13.0 Å². The van der Waals surface area contributed by atoms with Crippen molar-refractivity contribution in [3.05, 3.63) is 54.1 Å². The summed E-state index contributed by atoms with van der Waals surface area (Å²) < 4.78 is 5.16. The molecule has 2 aromatic carbocycles. The minimum Gasteiger partial charge on any atom is -0.497 e. The summed E-state index contributed by atoms with van der Waals surface area (Å²) in [5, 5.41) is 2.93. The van der Waals surface area contributed by atoms with Crippen LogP contribution in [0, 0.1) is 5.92 Å². The van der Waals surface area contributed by atoms with Crippen molar-refractivity contribution < 1.29 is 9.53 Å². The average molecular weight is 324 g/mol. The van der Waals surface area contributed by atoms with Gasteiger partial charge in [-0.3, -0.25) is 4.79 Å². The summed E-state index contributed by atoms with van der Waals surface area (Å²) in [6, 6.07) is 15.2. The van der Waals surface area contributed by atoms with Gasteiger partial charge in [-0.2, -0.15) is 0 Å². The number of hydrogen-bond donors (Lipinski definition) is 1. The number of methoxy groups -OCH3 is 1. The van der Waals surface area contributed by atoms with E-state index in [2.05, 4.69) is 29.3 Å². The molecule has 1 aliphatic rings. The van der Waals surface area contributed by atoms with Crippen LogP contribution in [0.15, 0.2) is 48.5 Å². The maximum absolute atomic E-state index is 12.3. The van der Waals surface area contributed by atoms with E-state index in [9.17, 15) is 4.79 Å². The number of rotatable bonds is 4. The summed E-state index contributed by atoms with van der Waals surface area (Å²) in [7, 11) is 1.59. The first-order valence-corrected chi connectivity index (χ1v) is 8.46. The number of nitrogens with one attached hydrogen (secondary N) is 1. The van der Waals surface area contributed by atoms with Crippen molar-refractivity contribution in [2.45, 2.75) is 19.8 Å². The van der Waals surface area contributed by atoms with E-state index in [0.717, 1.165) is 24.7 Å². The predicted octanol–water partition coefficient (Wildman–Crippen LogP) is 4.18. The smallest absolute Gasteiger partial charge is 0.255 e. The van der Waals surface area contributed by atoms with Crippen LogP contribution in [0.2, 0.25) is 0 Å². The molecular weight excluding hydrogens is 300 g/mol. The molecule has 1 amide bonds. The molecule has 0 saturated carbocycles. The Morgan fingerprint density at radius 2 is 1.83 bits per heavy atom. The minimum atomic E-state index is -0.131. The van der Waals surface area contributed by atoms with Gasteiger partial charge in [0.05, 0.1) is 7.11 Å². The van der Waals surface area contributed by atoms with Gasteiger partial charge in [0.1, 0.15) is 5.75 Å². The number of ether oxygens (including phenoxy) is 1. The lowest BCUT2D eigenvalue weighted by Crippen LogP contribution is -2.32. The summed E-state index contributed by atoms with van der Waals surface area (Å²) in [5.74, 6) is 1.37. The lowest BCUT2D eigenvalue weighted by Gasteiger charge is -2.32. The van der Waals surface area contributed by atoms with Crippen molar-refractivity contribution >= 4 is 17.3 Å². The highest BCUT2D eigenvalue weighted by Crippen LogP contribution is 2.24. The maximum atomic E-state index is 12.3. The summed E-state index contributed by atoms with van der Waals surface area (Å²) >= 11 is 0. The first-order valence-electron chi connectivity index (χ1n) is 8.46. The molecule has 2 aromatic rings. The molecule has 1 saturated heterocycles. The van der Waals surface area contributed by atoms with Crippen LogP contribution in [-0.2, 0) is 0 Å². The van der Waals surface area contributed by atoms with Crippen LogP contribution in [0.25, 0.3) is 0 Å². The van der Waals surface area contributed by atoms with Crippen LogP contribution in [0.4, 0.5) is 11.4 Å². The number of anilines is 2. The Labute approximate surface area is 143 Å². The summed E-state index contributed by atoms with van der Waals surface area (Å²) in [5.41, 5.74) is 2.61. The number of hydrogen-bond acceptors (Lipinski definition) is 3. The zero-order valence-corrected chi connectivity index (χ0v) is 14.3. The van der Waals surface area contributed by atoms with Crippen molar-refractivity contribution in [2.24, 2.45) is 5.92 Å². The highest BCUT2D eigenvalue weighted by Gasteiger charge is 2.16. The van der Waals surface area contributed by atoms with Gasteiger partial charge in [0.2, 0.25) is 0 Å². The Morgan fingerprint density at radius 1 is 1.12 bits per heavy atom. The molecule has 0 bridgehead atoms. The zero-order valence-electron chi connectivity index (χ0n) is 14.3. The monoisotopic (exact) mass is 324 g/mol. The van der Waals surface area contributed by atoms with Crippen LogP contribution in [0.3, 0.4) is 0 Å². The maximum Gasteiger partial charge on any atom is 0.255 e. The van der Waals surface area contributed by atoms with Crippen molar-refractivity contribution in [1.29, 1.82) is 0 Å². The molecule has 4 nitrogen and oxygen atoms in total.